The van der Waals surface area contributed by atoms with Gasteiger partial charge in [0.25, 0.3) is 11.8 Å². The van der Waals surface area contributed by atoms with E-state index >= 15 is 0 Å². The molecule has 3 amide bonds. The van der Waals surface area contributed by atoms with Crippen LogP contribution in [0.25, 0.3) is 0 Å². The number of carbonyl (C=O) groups is 3. The number of primary amides is 1. The highest BCUT2D eigenvalue weighted by Gasteiger charge is 2.39. The van der Waals surface area contributed by atoms with Crippen LogP contribution in [0.3, 0.4) is 0 Å². The van der Waals surface area contributed by atoms with Crippen molar-refractivity contribution in [2.24, 2.45) is 5.73 Å². The third kappa shape index (κ3) is 4.54. The van der Waals surface area contributed by atoms with E-state index in [-0.39, 0.29) is 17.8 Å². The number of likely N-dealkylation sites (N-methyl/N-ethyl adjacent to an activating group) is 1. The van der Waals surface area contributed by atoms with Gasteiger partial charge in [0, 0.05) is 18.4 Å². The van der Waals surface area contributed by atoms with Crippen molar-refractivity contribution in [3.63, 3.8) is 0 Å². The Morgan fingerprint density at radius 2 is 1.69 bits per heavy atom. The molecule has 2 N–H and O–H groups in total. The zero-order chi connectivity index (χ0) is 24.4. The van der Waals surface area contributed by atoms with Gasteiger partial charge in [-0.25, -0.2) is 4.39 Å². The molecule has 7 nitrogen and oxygen atoms in total. The van der Waals surface area contributed by atoms with Crippen LogP contribution in [-0.2, 0) is 15.8 Å². The molecule has 0 aliphatic carbocycles. The summed E-state index contributed by atoms with van der Waals surface area (Å²) in [6.07, 6.45) is -4.57. The summed E-state index contributed by atoms with van der Waals surface area (Å²) in [4.78, 5) is 37.9. The lowest BCUT2D eigenvalue weighted by atomic mass is 9.98. The number of nitrogens with zero attached hydrogens (tertiary/aromatic N) is 3. The molecular weight excluding hydrogens is 432 g/mol. The van der Waals surface area contributed by atoms with Crippen molar-refractivity contribution in [1.29, 1.82) is 5.26 Å². The second kappa shape index (κ2) is 8.66. The first kappa shape index (κ1) is 24.3. The second-order valence-corrected chi connectivity index (χ2v) is 7.27. The number of amides is 3. The first-order chi connectivity index (χ1) is 14.7. The van der Waals surface area contributed by atoms with Gasteiger partial charge < -0.3 is 15.5 Å². The zero-order valence-corrected chi connectivity index (χ0v) is 17.2. The number of alkyl halides is 3. The van der Waals surface area contributed by atoms with E-state index in [1.165, 1.54) is 33.0 Å². The Kier molecular flexibility index (Phi) is 6.59. The number of rotatable bonds is 6. The van der Waals surface area contributed by atoms with Gasteiger partial charge in [-0.15, -0.1) is 0 Å². The fourth-order valence-electron chi connectivity index (χ4n) is 3.07. The third-order valence-corrected chi connectivity index (χ3v) is 4.85. The number of anilines is 2. The van der Waals surface area contributed by atoms with Crippen LogP contribution in [0.1, 0.15) is 35.3 Å². The lowest BCUT2D eigenvalue weighted by molar-refractivity contribution is -0.137. The molecule has 0 radical (unpaired) electrons. The van der Waals surface area contributed by atoms with E-state index < -0.39 is 46.0 Å². The van der Waals surface area contributed by atoms with Crippen LogP contribution >= 0.6 is 0 Å². The van der Waals surface area contributed by atoms with Gasteiger partial charge >= 0.3 is 6.18 Å². The minimum atomic E-state index is -4.82. The molecule has 0 heterocycles. The number of hydrogen-bond acceptors (Lipinski definition) is 4. The zero-order valence-electron chi connectivity index (χ0n) is 17.2. The minimum Gasteiger partial charge on any atom is -0.366 e. The highest BCUT2D eigenvalue weighted by atomic mass is 19.4. The molecule has 2 rings (SSSR count). The van der Waals surface area contributed by atoms with E-state index in [9.17, 15) is 31.9 Å². The van der Waals surface area contributed by atoms with E-state index in [1.807, 2.05) is 0 Å². The van der Waals surface area contributed by atoms with Crippen molar-refractivity contribution < 1.29 is 31.9 Å². The molecule has 0 spiro atoms. The Morgan fingerprint density at radius 3 is 2.16 bits per heavy atom. The first-order valence-electron chi connectivity index (χ1n) is 8.99. The van der Waals surface area contributed by atoms with Crippen LogP contribution < -0.4 is 15.5 Å². The molecule has 0 unspecified atom stereocenters. The average molecular weight is 450 g/mol. The summed E-state index contributed by atoms with van der Waals surface area (Å²) in [5, 5.41) is 8.92. The van der Waals surface area contributed by atoms with Gasteiger partial charge in [0.05, 0.1) is 22.8 Å². The number of benzene rings is 2. The van der Waals surface area contributed by atoms with E-state index in [2.05, 4.69) is 0 Å². The third-order valence-electron chi connectivity index (χ3n) is 4.85. The van der Waals surface area contributed by atoms with Crippen LogP contribution in [0, 0.1) is 17.1 Å². The van der Waals surface area contributed by atoms with Crippen molar-refractivity contribution in [2.75, 3.05) is 16.8 Å². The summed E-state index contributed by atoms with van der Waals surface area (Å²) in [6, 6.07) is 7.29. The maximum absolute atomic E-state index is 14.2. The molecule has 11 heteroatoms. The van der Waals surface area contributed by atoms with Crippen molar-refractivity contribution >= 4 is 29.6 Å². The highest BCUT2D eigenvalue weighted by molar-refractivity contribution is 6.05. The number of hydrogen-bond donors (Lipinski definition) is 1. The lowest BCUT2D eigenvalue weighted by Gasteiger charge is -2.37. The Hall–Kier alpha value is -3.94. The molecule has 0 aliphatic rings. The van der Waals surface area contributed by atoms with Gasteiger partial charge in [-0.2, -0.15) is 18.4 Å². The predicted molar refractivity (Wildman–Crippen MR) is 107 cm³/mol. The van der Waals surface area contributed by atoms with Crippen LogP contribution in [0.2, 0.25) is 0 Å². The quantitative estimate of drug-likeness (QED) is 0.539. The maximum Gasteiger partial charge on any atom is 0.417 e. The predicted octanol–water partition coefficient (Wildman–Crippen LogP) is 3.22. The maximum atomic E-state index is 14.2. The first-order valence-corrected chi connectivity index (χ1v) is 8.99. The Labute approximate surface area is 180 Å². The Balaban J connectivity index is 2.46. The fraction of sp³-hybridized carbons (Fsp3) is 0.238. The van der Waals surface area contributed by atoms with Gasteiger partial charge in [-0.1, -0.05) is 0 Å². The molecule has 2 aromatic rings. The van der Waals surface area contributed by atoms with Crippen LogP contribution in [0.4, 0.5) is 28.9 Å². The van der Waals surface area contributed by atoms with E-state index in [4.69, 9.17) is 11.0 Å². The van der Waals surface area contributed by atoms with Crippen molar-refractivity contribution in [3.05, 3.63) is 58.9 Å². The molecule has 0 atom stereocenters. The van der Waals surface area contributed by atoms with Gasteiger partial charge in [-0.3, -0.25) is 14.4 Å². The molecule has 168 valence electrons. The molecule has 0 saturated carbocycles. The molecule has 2 aromatic carbocycles. The van der Waals surface area contributed by atoms with Gasteiger partial charge in [0.1, 0.15) is 11.4 Å². The number of nitriles is 1. The standard InChI is InChI=1S/C21H18F4N4O3/c1-20(2,29(11-30)14-6-7-15(18(27)31)17(22)9-14)19(32)28(3)13-5-4-12(10-26)16(8-13)21(23,24)25/h4-9,11H,1-3H3,(H2,27,31). The smallest absolute Gasteiger partial charge is 0.366 e. The Morgan fingerprint density at radius 1 is 1.09 bits per heavy atom. The number of nitrogens with two attached hydrogens (primary N) is 1. The Bertz CT molecular complexity index is 1120. The normalized spacial score (nSPS) is 11.4. The second-order valence-electron chi connectivity index (χ2n) is 7.27. The van der Waals surface area contributed by atoms with E-state index in [1.54, 1.807) is 0 Å². The summed E-state index contributed by atoms with van der Waals surface area (Å²) < 4.78 is 54.0. The van der Waals surface area contributed by atoms with Crippen LogP contribution in [0.15, 0.2) is 36.4 Å². The molecule has 0 bridgehead atoms. The van der Waals surface area contributed by atoms with Gasteiger partial charge in [-0.05, 0) is 50.2 Å². The number of halogens is 4. The monoisotopic (exact) mass is 450 g/mol. The molecule has 32 heavy (non-hydrogen) atoms. The minimum absolute atomic E-state index is 0.0786. The van der Waals surface area contributed by atoms with Crippen LogP contribution in [-0.4, -0.2) is 30.8 Å². The molecule has 0 saturated heterocycles. The molecule has 0 aliphatic heterocycles. The SMILES string of the molecule is CN(C(=O)C(C)(C)N(C=O)c1ccc(C(N)=O)c(F)c1)c1ccc(C#N)c(C(F)(F)F)c1. The summed E-state index contributed by atoms with van der Waals surface area (Å²) in [5.74, 6) is -2.84. The molecule has 0 fully saturated rings. The largest absolute Gasteiger partial charge is 0.417 e. The van der Waals surface area contributed by atoms with E-state index in [0.29, 0.717) is 6.07 Å². The molecule has 0 aromatic heterocycles. The number of carbonyl (C=O) groups excluding carboxylic acids is 3. The van der Waals surface area contributed by atoms with Gasteiger partial charge in [0.15, 0.2) is 0 Å². The van der Waals surface area contributed by atoms with Gasteiger partial charge in [0.2, 0.25) is 6.41 Å². The summed E-state index contributed by atoms with van der Waals surface area (Å²) in [5.41, 5.74) is 0.880. The fourth-order valence-corrected chi connectivity index (χ4v) is 3.07. The van der Waals surface area contributed by atoms with Crippen molar-refractivity contribution in [3.8, 4) is 6.07 Å². The summed E-state index contributed by atoms with van der Waals surface area (Å²) >= 11 is 0. The van der Waals surface area contributed by atoms with Crippen molar-refractivity contribution in [2.45, 2.75) is 25.6 Å². The van der Waals surface area contributed by atoms with E-state index in [0.717, 1.165) is 34.1 Å². The average Bonchev–Trinajstić information content (AvgIpc) is 2.71. The highest BCUT2D eigenvalue weighted by Crippen LogP contribution is 2.35. The topological polar surface area (TPSA) is 108 Å². The van der Waals surface area contributed by atoms with Crippen LogP contribution in [0.5, 0.6) is 0 Å². The lowest BCUT2D eigenvalue weighted by Crippen LogP contribution is -2.55. The molecular formula is C21H18F4N4O3. The van der Waals surface area contributed by atoms with Crippen molar-refractivity contribution in [1.82, 2.24) is 0 Å². The summed E-state index contributed by atoms with van der Waals surface area (Å²) in [6.45, 7) is 2.63. The summed E-state index contributed by atoms with van der Waals surface area (Å²) in [7, 11) is 1.20.